The highest BCUT2D eigenvalue weighted by atomic mass is 32.1. The quantitative estimate of drug-likeness (QED) is 0.0820. The van der Waals surface area contributed by atoms with Crippen molar-refractivity contribution in [3.8, 4) is 11.3 Å². The Morgan fingerprint density at radius 3 is 1.92 bits per heavy atom. The van der Waals surface area contributed by atoms with Crippen molar-refractivity contribution in [2.24, 2.45) is 17.8 Å². The van der Waals surface area contributed by atoms with Crippen molar-refractivity contribution in [3.05, 3.63) is 104 Å². The van der Waals surface area contributed by atoms with Crippen LogP contribution < -0.4 is 16.0 Å². The average Bonchev–Trinajstić information content (AvgIpc) is 4.27. The molecule has 5 aromatic rings. The van der Waals surface area contributed by atoms with Crippen LogP contribution >= 0.6 is 22.7 Å². The van der Waals surface area contributed by atoms with Gasteiger partial charge in [-0.3, -0.25) is 24.0 Å². The molecule has 3 amide bonds. The molecule has 2 aromatic heterocycles. The van der Waals surface area contributed by atoms with Crippen LogP contribution in [0.15, 0.2) is 71.4 Å². The van der Waals surface area contributed by atoms with Gasteiger partial charge in [0.05, 0.1) is 29.9 Å². The van der Waals surface area contributed by atoms with E-state index in [2.05, 4.69) is 74.5 Å². The van der Waals surface area contributed by atoms with Crippen LogP contribution in [0.25, 0.3) is 22.0 Å². The zero-order chi connectivity index (χ0) is 50.9. The summed E-state index contributed by atoms with van der Waals surface area (Å²) in [5.74, 6) is 0.297. The van der Waals surface area contributed by atoms with Gasteiger partial charge in [-0.25, -0.2) is 9.97 Å². The number of likely N-dealkylation sites (tertiary alicyclic amines) is 2. The van der Waals surface area contributed by atoms with Crippen LogP contribution in [0.4, 0.5) is 0 Å². The van der Waals surface area contributed by atoms with E-state index in [1.165, 1.54) is 40.5 Å². The number of amides is 3. The molecule has 72 heavy (non-hydrogen) atoms. The Kier molecular flexibility index (Phi) is 18.2. The lowest BCUT2D eigenvalue weighted by molar-refractivity contribution is -0.141. The molecule has 0 spiro atoms. The van der Waals surface area contributed by atoms with Crippen LogP contribution in [0.1, 0.15) is 159 Å². The van der Waals surface area contributed by atoms with Crippen LogP contribution in [0.3, 0.4) is 0 Å². The SMILES string of the molecule is CN[C@@H](C)C(=O)C[C@H](C(=O)N1CCC[C@H]1c1nc(-c2ccc(C)c3ccccc23)cs1)C1CCCCC1.CN[C@@H](C)C(=O)N[C@H](C(=O)N1CCCC1c1nc(C(=O)c2cccc(C)c2)cs1)C1CCCCC1. The summed E-state index contributed by atoms with van der Waals surface area (Å²) in [6, 6.07) is 19.1. The minimum Gasteiger partial charge on any atom is -0.343 e. The van der Waals surface area contributed by atoms with Crippen molar-refractivity contribution in [2.75, 3.05) is 27.2 Å². The second-order valence-electron chi connectivity index (χ2n) is 20.8. The van der Waals surface area contributed by atoms with E-state index in [0.717, 1.165) is 110 Å². The molecule has 14 heteroatoms. The number of aryl methyl sites for hydroxylation is 2. The number of carbonyl (C=O) groups is 5. The molecule has 2 aliphatic carbocycles. The Morgan fingerprint density at radius 1 is 0.653 bits per heavy atom. The molecule has 3 N–H and O–H groups in total. The lowest BCUT2D eigenvalue weighted by atomic mass is 9.76. The summed E-state index contributed by atoms with van der Waals surface area (Å²) < 4.78 is 0. The first-order chi connectivity index (χ1) is 34.9. The van der Waals surface area contributed by atoms with Crippen LogP contribution in [-0.4, -0.2) is 94.4 Å². The largest absolute Gasteiger partial charge is 0.343 e. The third-order valence-electron chi connectivity index (χ3n) is 16.0. The maximum Gasteiger partial charge on any atom is 0.246 e. The third kappa shape index (κ3) is 12.3. The number of likely N-dealkylation sites (N-methyl/N-ethyl adjacent to an activating group) is 2. The van der Waals surface area contributed by atoms with Gasteiger partial charge >= 0.3 is 0 Å². The number of rotatable bonds is 16. The molecule has 0 radical (unpaired) electrons. The first-order valence-electron chi connectivity index (χ1n) is 26.7. The van der Waals surface area contributed by atoms with Crippen molar-refractivity contribution < 1.29 is 24.0 Å². The van der Waals surface area contributed by atoms with Crippen molar-refractivity contribution in [3.63, 3.8) is 0 Å². The Morgan fingerprint density at radius 2 is 1.26 bits per heavy atom. The van der Waals surface area contributed by atoms with Crippen molar-refractivity contribution in [1.82, 2.24) is 35.7 Å². The van der Waals surface area contributed by atoms with Gasteiger partial charge in [0, 0.05) is 47.3 Å². The van der Waals surface area contributed by atoms with E-state index in [4.69, 9.17) is 4.98 Å². The standard InChI is InChI=1S/C31H39N3O2S.C27H36N4O3S/c1-20-15-16-25(24-13-8-7-12-23(20)24)27-19-37-30(33-27)28-14-9-17-34(28)31(36)26(18-29(35)21(2)32-3)22-10-5-4-6-11-22;1-17-9-7-12-20(15-17)24(32)21-16-35-26(29-21)22-13-8-14-31(22)27(34)23(19-10-5-4-6-11-19)30-25(33)18(2)28-3/h7-8,12-13,15-16,19,21-22,26,28,32H,4-6,9-11,14,17-18H2,1-3H3;7,9,12,15-16,18-19,22-23,28H,4-6,8,10-11,13-14H2,1-3H3,(H,30,33)/t21-,26-,28-;18-,22?,23-/m00/s1. The Balaban J connectivity index is 0.000000193. The number of hydrogen-bond acceptors (Lipinski definition) is 11. The molecule has 1 unspecified atom stereocenters. The van der Waals surface area contributed by atoms with E-state index in [9.17, 15) is 24.0 Å². The average molecular weight is 1010 g/mol. The van der Waals surface area contributed by atoms with Gasteiger partial charge in [0.15, 0.2) is 0 Å². The number of Topliss-reactive ketones (excluding diaryl/α,β-unsaturated/α-hetero) is 1. The molecule has 12 nitrogen and oxygen atoms in total. The summed E-state index contributed by atoms with van der Waals surface area (Å²) in [6.45, 7) is 9.21. The van der Waals surface area contributed by atoms with E-state index in [-0.39, 0.29) is 65.3 Å². The van der Waals surface area contributed by atoms with E-state index in [1.807, 2.05) is 50.1 Å². The Bertz CT molecular complexity index is 2690. The van der Waals surface area contributed by atoms with Crippen molar-refractivity contribution in [1.29, 1.82) is 0 Å². The summed E-state index contributed by atoms with van der Waals surface area (Å²) in [7, 11) is 3.56. The fraction of sp³-hybridized carbons (Fsp3) is 0.534. The number of aromatic nitrogens is 2. The molecule has 0 bridgehead atoms. The first-order valence-corrected chi connectivity index (χ1v) is 28.4. The van der Waals surface area contributed by atoms with Crippen LogP contribution in [0, 0.1) is 31.6 Å². The number of hydrogen-bond donors (Lipinski definition) is 3. The topological polar surface area (TPSA) is 154 Å². The second kappa shape index (κ2) is 24.7. The zero-order valence-electron chi connectivity index (χ0n) is 43.2. The van der Waals surface area contributed by atoms with Gasteiger partial charge in [-0.15, -0.1) is 22.7 Å². The fourth-order valence-corrected chi connectivity index (χ4v) is 13.4. The molecule has 9 rings (SSSR count). The number of carbonyl (C=O) groups excluding carboxylic acids is 5. The van der Waals surface area contributed by atoms with Gasteiger partial charge in [0.2, 0.25) is 23.5 Å². The van der Waals surface area contributed by atoms with E-state index < -0.39 is 6.04 Å². The van der Waals surface area contributed by atoms with Gasteiger partial charge in [0.1, 0.15) is 27.5 Å². The molecule has 4 aliphatic rings. The summed E-state index contributed by atoms with van der Waals surface area (Å²) in [5.41, 5.74) is 5.47. The molecule has 4 heterocycles. The van der Waals surface area contributed by atoms with E-state index in [0.29, 0.717) is 30.1 Å². The maximum absolute atomic E-state index is 14.1. The summed E-state index contributed by atoms with van der Waals surface area (Å²) in [5, 5.41) is 17.3. The van der Waals surface area contributed by atoms with Crippen molar-refractivity contribution >= 4 is 62.7 Å². The molecule has 2 aliphatic heterocycles. The summed E-state index contributed by atoms with van der Waals surface area (Å²) >= 11 is 3.11. The number of ketones is 2. The van der Waals surface area contributed by atoms with Gasteiger partial charge < -0.3 is 25.8 Å². The number of fused-ring (bicyclic) bond motifs is 1. The van der Waals surface area contributed by atoms with Crippen LogP contribution in [0.2, 0.25) is 0 Å². The highest BCUT2D eigenvalue weighted by Gasteiger charge is 2.42. The molecule has 2 saturated carbocycles. The number of nitrogens with one attached hydrogen (secondary N) is 3. The highest BCUT2D eigenvalue weighted by Crippen LogP contribution is 2.42. The predicted octanol–water partition coefficient (Wildman–Crippen LogP) is 10.7. The Labute approximate surface area is 434 Å². The van der Waals surface area contributed by atoms with Gasteiger partial charge in [-0.1, -0.05) is 98.7 Å². The maximum atomic E-state index is 14.1. The zero-order valence-corrected chi connectivity index (χ0v) is 44.8. The molecular weight excluding hydrogens is 939 g/mol. The fourth-order valence-electron chi connectivity index (χ4n) is 11.5. The lowest BCUT2D eigenvalue weighted by Crippen LogP contribution is -2.55. The van der Waals surface area contributed by atoms with Gasteiger partial charge in [0.25, 0.3) is 0 Å². The van der Waals surface area contributed by atoms with Crippen molar-refractivity contribution in [2.45, 2.75) is 154 Å². The normalized spacial score (nSPS) is 20.4. The molecule has 3 aromatic carbocycles. The summed E-state index contributed by atoms with van der Waals surface area (Å²) in [4.78, 5) is 80.4. The van der Waals surface area contributed by atoms with Gasteiger partial charge in [-0.2, -0.15) is 0 Å². The third-order valence-corrected chi connectivity index (χ3v) is 17.9. The number of thiazole rings is 2. The predicted molar refractivity (Wildman–Crippen MR) is 289 cm³/mol. The molecule has 384 valence electrons. The van der Waals surface area contributed by atoms with Crippen LogP contribution in [0.5, 0.6) is 0 Å². The van der Waals surface area contributed by atoms with E-state index >= 15 is 0 Å². The lowest BCUT2D eigenvalue weighted by Gasteiger charge is -2.35. The Hall–Kier alpha value is -5.15. The molecule has 2 saturated heterocycles. The molecule has 6 atom stereocenters. The molecular formula is C58H75N7O5S2. The molecule has 4 fully saturated rings. The van der Waals surface area contributed by atoms with Gasteiger partial charge in [-0.05, 0) is 127 Å². The number of nitrogens with zero attached hydrogens (tertiary/aromatic N) is 4. The highest BCUT2D eigenvalue weighted by molar-refractivity contribution is 7.10. The minimum atomic E-state index is -0.521. The van der Waals surface area contributed by atoms with Crippen LogP contribution in [-0.2, 0) is 19.2 Å². The minimum absolute atomic E-state index is 0.00544. The monoisotopic (exact) mass is 1010 g/mol. The number of benzene rings is 3. The second-order valence-corrected chi connectivity index (χ2v) is 22.6. The summed E-state index contributed by atoms with van der Waals surface area (Å²) in [6.07, 6.45) is 14.9. The smallest absolute Gasteiger partial charge is 0.246 e. The first kappa shape index (κ1) is 53.2. The van der Waals surface area contributed by atoms with E-state index in [1.54, 1.807) is 30.7 Å².